The second-order valence-corrected chi connectivity index (χ2v) is 6.20. The van der Waals surface area contributed by atoms with Crippen LogP contribution in [0.15, 0.2) is 21.2 Å². The number of aromatic nitrogens is 3. The summed E-state index contributed by atoms with van der Waals surface area (Å²) in [6.07, 6.45) is 0. The van der Waals surface area contributed by atoms with Gasteiger partial charge in [0.1, 0.15) is 5.82 Å². The van der Waals surface area contributed by atoms with E-state index in [2.05, 4.69) is 36.4 Å². The molecule has 2 atom stereocenters. The van der Waals surface area contributed by atoms with Gasteiger partial charge in [0.05, 0.1) is 11.8 Å². The highest BCUT2D eigenvalue weighted by atomic mass is 79.9. The highest BCUT2D eigenvalue weighted by Gasteiger charge is 2.42. The molecule has 1 aliphatic heterocycles. The first-order valence-electron chi connectivity index (χ1n) is 7.14. The minimum atomic E-state index is -0.391. The number of hydrogen-bond acceptors (Lipinski definition) is 5. The summed E-state index contributed by atoms with van der Waals surface area (Å²) < 4.78 is 5.80. The van der Waals surface area contributed by atoms with Gasteiger partial charge in [-0.15, -0.1) is 0 Å². The van der Waals surface area contributed by atoms with Crippen molar-refractivity contribution in [2.24, 2.45) is 5.92 Å². The predicted octanol–water partition coefficient (Wildman–Crippen LogP) is 1.07. The molecule has 3 heterocycles. The number of carbonyl (C=O) groups excluding carboxylic acids is 2. The van der Waals surface area contributed by atoms with Crippen LogP contribution in [0.3, 0.4) is 0 Å². The summed E-state index contributed by atoms with van der Waals surface area (Å²) in [6, 6.07) is 3.27. The van der Waals surface area contributed by atoms with Crippen LogP contribution in [-0.2, 0) is 4.79 Å². The number of nitrogens with zero attached hydrogens (tertiary/aromatic N) is 3. The van der Waals surface area contributed by atoms with E-state index >= 15 is 0 Å². The molecule has 0 bridgehead atoms. The maximum atomic E-state index is 12.5. The quantitative estimate of drug-likeness (QED) is 0.827. The number of carbonyl (C=O) groups is 2. The Morgan fingerprint density at radius 2 is 2.22 bits per heavy atom. The Kier molecular flexibility index (Phi) is 4.20. The average Bonchev–Trinajstić information content (AvgIpc) is 3.24. The van der Waals surface area contributed by atoms with E-state index in [4.69, 9.17) is 4.42 Å². The summed E-state index contributed by atoms with van der Waals surface area (Å²) in [5, 5.41) is 9.57. The molecule has 2 aromatic rings. The lowest BCUT2D eigenvalue weighted by atomic mass is 9.94. The number of furan rings is 1. The number of aromatic amines is 1. The standard InChI is InChI=1S/C14H16BrN5O3/c1-7-17-12(19-18-7)8-5-20(6-9(8)13(21)16-2)14(22)10-3-4-11(15)23-10/h3-4,8-9H,5-6H2,1-2H3,(H,16,21)(H,17,18,19). The third-order valence-corrected chi connectivity index (χ3v) is 4.35. The molecule has 2 unspecified atom stereocenters. The molecule has 2 aromatic heterocycles. The molecule has 1 fully saturated rings. The number of likely N-dealkylation sites (tertiary alicyclic amines) is 1. The molecule has 8 nitrogen and oxygen atoms in total. The average molecular weight is 382 g/mol. The van der Waals surface area contributed by atoms with Crippen molar-refractivity contribution in [1.82, 2.24) is 25.4 Å². The zero-order chi connectivity index (χ0) is 16.6. The van der Waals surface area contributed by atoms with Crippen molar-refractivity contribution in [1.29, 1.82) is 0 Å². The Labute approximate surface area is 140 Å². The maximum Gasteiger partial charge on any atom is 0.289 e. The number of nitrogens with one attached hydrogen (secondary N) is 2. The fraction of sp³-hybridized carbons (Fsp3) is 0.429. The Balaban J connectivity index is 1.85. The molecule has 1 aliphatic rings. The summed E-state index contributed by atoms with van der Waals surface area (Å²) >= 11 is 3.18. The van der Waals surface area contributed by atoms with Crippen molar-refractivity contribution in [3.05, 3.63) is 34.2 Å². The van der Waals surface area contributed by atoms with Gasteiger partial charge in [0.2, 0.25) is 5.91 Å². The predicted molar refractivity (Wildman–Crippen MR) is 83.7 cm³/mol. The molecule has 9 heteroatoms. The van der Waals surface area contributed by atoms with E-state index in [-0.39, 0.29) is 23.5 Å². The van der Waals surface area contributed by atoms with Crippen molar-refractivity contribution in [3.8, 4) is 0 Å². The van der Waals surface area contributed by atoms with Crippen LogP contribution in [0.2, 0.25) is 0 Å². The van der Waals surface area contributed by atoms with Crippen LogP contribution in [0, 0.1) is 12.8 Å². The van der Waals surface area contributed by atoms with E-state index in [0.717, 1.165) is 0 Å². The van der Waals surface area contributed by atoms with Gasteiger partial charge in [-0.2, -0.15) is 5.10 Å². The van der Waals surface area contributed by atoms with Crippen molar-refractivity contribution < 1.29 is 14.0 Å². The van der Waals surface area contributed by atoms with Gasteiger partial charge in [-0.1, -0.05) is 0 Å². The van der Waals surface area contributed by atoms with Gasteiger partial charge in [-0.3, -0.25) is 14.7 Å². The summed E-state index contributed by atoms with van der Waals surface area (Å²) in [6.45, 7) is 2.46. The van der Waals surface area contributed by atoms with E-state index < -0.39 is 5.92 Å². The highest BCUT2D eigenvalue weighted by Crippen LogP contribution is 2.32. The molecule has 2 amide bonds. The molecule has 122 valence electrons. The third kappa shape index (κ3) is 3.00. The molecule has 3 rings (SSSR count). The molecule has 0 spiro atoms. The summed E-state index contributed by atoms with van der Waals surface area (Å²) in [5.41, 5.74) is 0. The molecule has 2 N–H and O–H groups in total. The van der Waals surface area contributed by atoms with E-state index in [0.29, 0.717) is 29.4 Å². The van der Waals surface area contributed by atoms with Crippen LogP contribution >= 0.6 is 15.9 Å². The highest BCUT2D eigenvalue weighted by molar-refractivity contribution is 9.10. The third-order valence-electron chi connectivity index (χ3n) is 3.92. The molecule has 23 heavy (non-hydrogen) atoms. The number of hydrogen-bond donors (Lipinski definition) is 2. The first-order chi connectivity index (χ1) is 11.0. The van der Waals surface area contributed by atoms with Gasteiger partial charge in [0.25, 0.3) is 5.91 Å². The fourth-order valence-electron chi connectivity index (χ4n) is 2.79. The Bertz CT molecular complexity index is 740. The van der Waals surface area contributed by atoms with Crippen molar-refractivity contribution in [2.45, 2.75) is 12.8 Å². The van der Waals surface area contributed by atoms with Crippen LogP contribution in [0.1, 0.15) is 28.1 Å². The Hall–Kier alpha value is -2.16. The smallest absolute Gasteiger partial charge is 0.289 e. The molecule has 0 radical (unpaired) electrons. The number of aryl methyl sites for hydroxylation is 1. The summed E-state index contributed by atoms with van der Waals surface area (Å²) in [7, 11) is 1.58. The number of rotatable bonds is 3. The fourth-order valence-corrected chi connectivity index (χ4v) is 3.10. The van der Waals surface area contributed by atoms with Crippen LogP contribution in [0.4, 0.5) is 0 Å². The van der Waals surface area contributed by atoms with E-state index in [1.54, 1.807) is 31.0 Å². The monoisotopic (exact) mass is 381 g/mol. The largest absolute Gasteiger partial charge is 0.444 e. The minimum absolute atomic E-state index is 0.131. The van der Waals surface area contributed by atoms with Gasteiger partial charge < -0.3 is 14.6 Å². The lowest BCUT2D eigenvalue weighted by Crippen LogP contribution is -2.33. The number of H-pyrrole nitrogens is 1. The van der Waals surface area contributed by atoms with Gasteiger partial charge >= 0.3 is 0 Å². The maximum absolute atomic E-state index is 12.5. The second-order valence-electron chi connectivity index (χ2n) is 5.42. The normalized spacial score (nSPS) is 20.7. The summed E-state index contributed by atoms with van der Waals surface area (Å²) in [5.74, 6) is 0.439. The van der Waals surface area contributed by atoms with Gasteiger partial charge in [0.15, 0.2) is 16.3 Å². The number of halogens is 1. The van der Waals surface area contributed by atoms with E-state index in [9.17, 15) is 9.59 Å². The SMILES string of the molecule is CNC(=O)C1CN(C(=O)c2ccc(Br)o2)CC1c1n[nH]c(C)n1. The van der Waals surface area contributed by atoms with Crippen LogP contribution < -0.4 is 5.32 Å². The van der Waals surface area contributed by atoms with Gasteiger partial charge in [0, 0.05) is 20.1 Å². The van der Waals surface area contributed by atoms with Crippen LogP contribution in [0.25, 0.3) is 0 Å². The van der Waals surface area contributed by atoms with E-state index in [1.807, 2.05) is 0 Å². The van der Waals surface area contributed by atoms with Gasteiger partial charge in [-0.05, 0) is 35.0 Å². The number of amides is 2. The first-order valence-corrected chi connectivity index (χ1v) is 7.94. The lowest BCUT2D eigenvalue weighted by molar-refractivity contribution is -0.124. The molecular formula is C14H16BrN5O3. The van der Waals surface area contributed by atoms with Crippen LogP contribution in [0.5, 0.6) is 0 Å². The first kappa shape index (κ1) is 15.7. The molecule has 0 aromatic carbocycles. The van der Waals surface area contributed by atoms with Crippen LogP contribution in [-0.4, -0.2) is 52.0 Å². The topological polar surface area (TPSA) is 104 Å². The van der Waals surface area contributed by atoms with E-state index in [1.165, 1.54) is 0 Å². The Morgan fingerprint density at radius 1 is 1.43 bits per heavy atom. The van der Waals surface area contributed by atoms with Crippen molar-refractivity contribution in [2.75, 3.05) is 20.1 Å². The molecule has 1 saturated heterocycles. The van der Waals surface area contributed by atoms with Crippen molar-refractivity contribution >= 4 is 27.7 Å². The minimum Gasteiger partial charge on any atom is -0.444 e. The zero-order valence-electron chi connectivity index (χ0n) is 12.7. The Morgan fingerprint density at radius 3 is 2.78 bits per heavy atom. The van der Waals surface area contributed by atoms with Gasteiger partial charge in [-0.25, -0.2) is 4.98 Å². The lowest BCUT2D eigenvalue weighted by Gasteiger charge is -2.14. The molecular weight excluding hydrogens is 366 g/mol. The molecule has 0 aliphatic carbocycles. The second kappa shape index (κ2) is 6.15. The van der Waals surface area contributed by atoms with Crippen molar-refractivity contribution in [3.63, 3.8) is 0 Å². The molecule has 0 saturated carbocycles. The zero-order valence-corrected chi connectivity index (χ0v) is 14.3. The summed E-state index contributed by atoms with van der Waals surface area (Å²) in [4.78, 5) is 30.6.